The Kier molecular flexibility index (Phi) is 3.22. The van der Waals surface area contributed by atoms with E-state index in [1.165, 1.54) is 30.6 Å². The summed E-state index contributed by atoms with van der Waals surface area (Å²) in [5.74, 6) is 0. The third-order valence-corrected chi connectivity index (χ3v) is 3.52. The molecule has 82 valence electrons. The lowest BCUT2D eigenvalue weighted by Crippen LogP contribution is -2.23. The van der Waals surface area contributed by atoms with Gasteiger partial charge in [-0.3, -0.25) is 4.90 Å². The molecule has 1 saturated heterocycles. The normalized spacial score (nSPS) is 22.1. The number of aryl methyl sites for hydroxylation is 1. The highest BCUT2D eigenvalue weighted by atomic mass is 32.1. The van der Waals surface area contributed by atoms with E-state index in [1.54, 1.807) is 0 Å². The van der Waals surface area contributed by atoms with E-state index < -0.39 is 0 Å². The van der Waals surface area contributed by atoms with Gasteiger partial charge >= 0.3 is 0 Å². The smallest absolute Gasteiger partial charge is 0.103 e. The van der Waals surface area contributed by atoms with Crippen LogP contribution in [0.3, 0.4) is 0 Å². The number of rotatable bonds is 2. The van der Waals surface area contributed by atoms with Crippen LogP contribution in [0, 0.1) is 11.6 Å². The van der Waals surface area contributed by atoms with Gasteiger partial charge in [0.15, 0.2) is 0 Å². The molecular formula is C12H18N2S. The highest BCUT2D eigenvalue weighted by Gasteiger charge is 2.25. The SMILES string of the molecule is CCN1CCC[C@@H]1c1ccc(=S)[nH]c1C. The molecule has 1 aliphatic rings. The third-order valence-electron chi connectivity index (χ3n) is 3.29. The average molecular weight is 222 g/mol. The second-order valence-corrected chi connectivity index (χ2v) is 4.63. The molecule has 1 aliphatic heterocycles. The van der Waals surface area contributed by atoms with E-state index in [9.17, 15) is 0 Å². The summed E-state index contributed by atoms with van der Waals surface area (Å²) in [5.41, 5.74) is 2.65. The number of aromatic amines is 1. The summed E-state index contributed by atoms with van der Waals surface area (Å²) in [7, 11) is 0. The van der Waals surface area contributed by atoms with Crippen molar-refractivity contribution in [1.29, 1.82) is 0 Å². The highest BCUT2D eigenvalue weighted by molar-refractivity contribution is 7.71. The molecule has 2 rings (SSSR count). The fourth-order valence-electron chi connectivity index (χ4n) is 2.51. The average Bonchev–Trinajstić information content (AvgIpc) is 2.65. The molecule has 1 aromatic rings. The number of H-pyrrole nitrogens is 1. The van der Waals surface area contributed by atoms with Crippen LogP contribution < -0.4 is 0 Å². The second kappa shape index (κ2) is 4.45. The summed E-state index contributed by atoms with van der Waals surface area (Å²) in [6, 6.07) is 4.79. The molecule has 2 nitrogen and oxygen atoms in total. The van der Waals surface area contributed by atoms with Crippen molar-refractivity contribution in [3.8, 4) is 0 Å². The first-order chi connectivity index (χ1) is 7.22. The molecule has 2 heterocycles. The number of nitrogens with one attached hydrogen (secondary N) is 1. The van der Waals surface area contributed by atoms with Crippen LogP contribution in [0.2, 0.25) is 0 Å². The Labute approximate surface area is 96.3 Å². The first kappa shape index (κ1) is 10.8. The maximum atomic E-state index is 5.12. The van der Waals surface area contributed by atoms with E-state index in [-0.39, 0.29) is 0 Å². The zero-order chi connectivity index (χ0) is 10.8. The van der Waals surface area contributed by atoms with Crippen molar-refractivity contribution in [2.75, 3.05) is 13.1 Å². The summed E-state index contributed by atoms with van der Waals surface area (Å²) in [6.45, 7) is 6.73. The lowest BCUT2D eigenvalue weighted by Gasteiger charge is -2.24. The van der Waals surface area contributed by atoms with Crippen molar-refractivity contribution < 1.29 is 0 Å². The van der Waals surface area contributed by atoms with Gasteiger partial charge in [-0.15, -0.1) is 0 Å². The molecule has 0 unspecified atom stereocenters. The van der Waals surface area contributed by atoms with Crippen LogP contribution in [0.5, 0.6) is 0 Å². The van der Waals surface area contributed by atoms with Crippen LogP contribution >= 0.6 is 12.2 Å². The van der Waals surface area contributed by atoms with Gasteiger partial charge in [-0.05, 0) is 44.5 Å². The van der Waals surface area contributed by atoms with E-state index in [4.69, 9.17) is 12.2 Å². The van der Waals surface area contributed by atoms with Crippen LogP contribution in [-0.4, -0.2) is 23.0 Å². The summed E-state index contributed by atoms with van der Waals surface area (Å²) >= 11 is 5.12. The summed E-state index contributed by atoms with van der Waals surface area (Å²) in [5, 5.41) is 0. The number of nitrogens with zero attached hydrogens (tertiary/aromatic N) is 1. The number of hydrogen-bond acceptors (Lipinski definition) is 2. The van der Waals surface area contributed by atoms with Crippen molar-refractivity contribution >= 4 is 12.2 Å². The Morgan fingerprint density at radius 1 is 1.53 bits per heavy atom. The monoisotopic (exact) mass is 222 g/mol. The largest absolute Gasteiger partial charge is 0.350 e. The van der Waals surface area contributed by atoms with Crippen LogP contribution in [0.1, 0.15) is 37.1 Å². The standard InChI is InChI=1S/C12H18N2S/c1-3-14-8-4-5-11(14)10-6-7-12(15)13-9(10)2/h6-7,11H,3-5,8H2,1-2H3,(H,13,15)/t11-/m1/s1. The Morgan fingerprint density at radius 2 is 2.33 bits per heavy atom. The van der Waals surface area contributed by atoms with Gasteiger partial charge in [0.05, 0.1) is 0 Å². The lowest BCUT2D eigenvalue weighted by atomic mass is 10.0. The van der Waals surface area contributed by atoms with Crippen molar-refractivity contribution in [2.45, 2.75) is 32.7 Å². The highest BCUT2D eigenvalue weighted by Crippen LogP contribution is 2.32. The first-order valence-electron chi connectivity index (χ1n) is 5.66. The number of pyridine rings is 1. The second-order valence-electron chi connectivity index (χ2n) is 4.19. The maximum absolute atomic E-state index is 5.12. The van der Waals surface area contributed by atoms with Gasteiger partial charge in [-0.2, -0.15) is 0 Å². The van der Waals surface area contributed by atoms with Crippen LogP contribution in [-0.2, 0) is 0 Å². The summed E-state index contributed by atoms with van der Waals surface area (Å²) in [6.07, 6.45) is 2.59. The Bertz CT molecular complexity index is 397. The van der Waals surface area contributed by atoms with Crippen LogP contribution in [0.15, 0.2) is 12.1 Å². The molecule has 0 radical (unpaired) electrons. The molecule has 0 aromatic carbocycles. The van der Waals surface area contributed by atoms with Gasteiger partial charge < -0.3 is 4.98 Å². The van der Waals surface area contributed by atoms with Gasteiger partial charge in [-0.25, -0.2) is 0 Å². The minimum atomic E-state index is 0.599. The van der Waals surface area contributed by atoms with Gasteiger partial charge in [-0.1, -0.05) is 25.2 Å². The van der Waals surface area contributed by atoms with E-state index in [0.29, 0.717) is 6.04 Å². The lowest BCUT2D eigenvalue weighted by molar-refractivity contribution is 0.270. The third kappa shape index (κ3) is 2.13. The minimum absolute atomic E-state index is 0.599. The molecule has 0 saturated carbocycles. The Hall–Kier alpha value is -0.670. The quantitative estimate of drug-likeness (QED) is 0.775. The number of aromatic nitrogens is 1. The molecule has 15 heavy (non-hydrogen) atoms. The Balaban J connectivity index is 2.32. The van der Waals surface area contributed by atoms with E-state index >= 15 is 0 Å². The molecule has 1 N–H and O–H groups in total. The molecule has 1 atom stereocenters. The molecule has 0 spiro atoms. The predicted molar refractivity (Wildman–Crippen MR) is 65.6 cm³/mol. The molecule has 0 amide bonds. The topological polar surface area (TPSA) is 19.0 Å². The van der Waals surface area contributed by atoms with Gasteiger partial charge in [0.1, 0.15) is 4.64 Å². The van der Waals surface area contributed by atoms with E-state index in [0.717, 1.165) is 11.2 Å². The van der Waals surface area contributed by atoms with Gasteiger partial charge in [0, 0.05) is 11.7 Å². The van der Waals surface area contributed by atoms with Crippen molar-refractivity contribution in [2.24, 2.45) is 0 Å². The zero-order valence-corrected chi connectivity index (χ0v) is 10.2. The van der Waals surface area contributed by atoms with Crippen molar-refractivity contribution in [3.63, 3.8) is 0 Å². The molecular weight excluding hydrogens is 204 g/mol. The van der Waals surface area contributed by atoms with Crippen molar-refractivity contribution in [3.05, 3.63) is 28.0 Å². The fraction of sp³-hybridized carbons (Fsp3) is 0.583. The van der Waals surface area contributed by atoms with E-state index in [1.807, 2.05) is 6.07 Å². The molecule has 1 fully saturated rings. The van der Waals surface area contributed by atoms with Crippen LogP contribution in [0.4, 0.5) is 0 Å². The molecule has 0 bridgehead atoms. The minimum Gasteiger partial charge on any atom is -0.350 e. The first-order valence-corrected chi connectivity index (χ1v) is 6.07. The summed E-state index contributed by atoms with van der Waals surface area (Å²) in [4.78, 5) is 5.79. The van der Waals surface area contributed by atoms with E-state index in [2.05, 4.69) is 29.8 Å². The summed E-state index contributed by atoms with van der Waals surface area (Å²) < 4.78 is 0.831. The fourth-order valence-corrected chi connectivity index (χ4v) is 2.73. The van der Waals surface area contributed by atoms with Gasteiger partial charge in [0.2, 0.25) is 0 Å². The Morgan fingerprint density at radius 3 is 3.00 bits per heavy atom. The molecule has 0 aliphatic carbocycles. The predicted octanol–water partition coefficient (Wildman–Crippen LogP) is 3.21. The van der Waals surface area contributed by atoms with Gasteiger partial charge in [0.25, 0.3) is 0 Å². The zero-order valence-electron chi connectivity index (χ0n) is 9.42. The number of likely N-dealkylation sites (tertiary alicyclic amines) is 1. The molecule has 1 aromatic heterocycles. The molecule has 3 heteroatoms. The number of hydrogen-bond donors (Lipinski definition) is 1. The van der Waals surface area contributed by atoms with Crippen LogP contribution in [0.25, 0.3) is 0 Å². The van der Waals surface area contributed by atoms with Crippen molar-refractivity contribution in [1.82, 2.24) is 9.88 Å². The maximum Gasteiger partial charge on any atom is 0.103 e.